The molecular formula is C35H39N5O4. The summed E-state index contributed by atoms with van der Waals surface area (Å²) in [5.74, 6) is -0.121. The first-order valence-electron chi connectivity index (χ1n) is 15.8. The third-order valence-corrected chi connectivity index (χ3v) is 9.44. The second-order valence-electron chi connectivity index (χ2n) is 12.8. The lowest BCUT2D eigenvalue weighted by Gasteiger charge is -2.31. The normalized spacial score (nSPS) is 24.8. The van der Waals surface area contributed by atoms with E-state index in [-0.39, 0.29) is 36.1 Å². The summed E-state index contributed by atoms with van der Waals surface area (Å²) in [4.78, 5) is 26.6. The number of aromatic nitrogens is 3. The summed E-state index contributed by atoms with van der Waals surface area (Å²) in [5, 5.41) is 19.2. The van der Waals surface area contributed by atoms with Crippen LogP contribution in [0, 0.1) is 0 Å². The summed E-state index contributed by atoms with van der Waals surface area (Å²) in [6.07, 6.45) is 8.21. The number of hydrogen-bond donors (Lipinski definition) is 2. The monoisotopic (exact) mass is 593 g/mol. The van der Waals surface area contributed by atoms with Gasteiger partial charge in [-0.25, -0.2) is 9.94 Å². The van der Waals surface area contributed by atoms with Gasteiger partial charge in [0.05, 0.1) is 41.8 Å². The van der Waals surface area contributed by atoms with Crippen molar-refractivity contribution in [3.63, 3.8) is 0 Å². The number of rotatable bonds is 9. The molecule has 4 aromatic rings. The molecule has 7 rings (SSSR count). The van der Waals surface area contributed by atoms with Crippen LogP contribution in [0.5, 0.6) is 0 Å². The van der Waals surface area contributed by atoms with Crippen molar-refractivity contribution in [2.24, 2.45) is 5.10 Å². The zero-order valence-electron chi connectivity index (χ0n) is 25.3. The maximum Gasteiger partial charge on any atom is 0.257 e. The van der Waals surface area contributed by atoms with Crippen LogP contribution in [-0.4, -0.2) is 48.7 Å². The van der Waals surface area contributed by atoms with Gasteiger partial charge >= 0.3 is 0 Å². The Bertz CT molecular complexity index is 1800. The van der Waals surface area contributed by atoms with Gasteiger partial charge in [-0.3, -0.25) is 14.2 Å². The van der Waals surface area contributed by atoms with Crippen molar-refractivity contribution in [2.45, 2.75) is 95.5 Å². The first-order valence-corrected chi connectivity index (χ1v) is 15.8. The van der Waals surface area contributed by atoms with Crippen LogP contribution in [-0.2, 0) is 22.4 Å². The average Bonchev–Trinajstić information content (AvgIpc) is 3.37. The highest BCUT2D eigenvalue weighted by atomic mass is 16.5. The molecule has 0 bridgehead atoms. The van der Waals surface area contributed by atoms with Gasteiger partial charge in [0.15, 0.2) is 0 Å². The van der Waals surface area contributed by atoms with Gasteiger partial charge in [0, 0.05) is 36.1 Å². The van der Waals surface area contributed by atoms with Gasteiger partial charge in [0.1, 0.15) is 5.65 Å². The lowest BCUT2D eigenvalue weighted by atomic mass is 9.91. The standard InChI is InChI=1S/C35H39N5O4/c1-3-7-30-28(19-22-10-15-26(23-8-5-4-6-9-23)27(18-22)29-20-32(41)38-37-29)34(42)39(33-16-17-36-40(30)33)24-11-13-25(14-12-24)44-31-21-35(31,2)43/h4-6,8-10,15-18,24-25,31,43H,3,7,11-14,19-21H2,1-2H3,(H,38,41)/t24?,25?,31-,35+/m1/s1. The summed E-state index contributed by atoms with van der Waals surface area (Å²) in [5.41, 5.74) is 9.13. The fraction of sp³-hybridized carbons (Fsp3) is 0.429. The molecule has 2 N–H and O–H groups in total. The topological polar surface area (TPSA) is 110 Å². The molecule has 1 aliphatic heterocycles. The van der Waals surface area contributed by atoms with Gasteiger partial charge in [-0.1, -0.05) is 55.8 Å². The van der Waals surface area contributed by atoms with Crippen LogP contribution in [0.25, 0.3) is 16.8 Å². The van der Waals surface area contributed by atoms with Gasteiger partial charge in [-0.15, -0.1) is 0 Å². The molecule has 2 aromatic carbocycles. The maximum absolute atomic E-state index is 14.5. The van der Waals surface area contributed by atoms with Crippen LogP contribution in [0.2, 0.25) is 0 Å². The van der Waals surface area contributed by atoms with E-state index in [4.69, 9.17) is 9.84 Å². The van der Waals surface area contributed by atoms with Crippen LogP contribution in [0.3, 0.4) is 0 Å². The number of amides is 1. The van der Waals surface area contributed by atoms with Gasteiger partial charge in [0.2, 0.25) is 5.91 Å². The summed E-state index contributed by atoms with van der Waals surface area (Å²) in [7, 11) is 0. The van der Waals surface area contributed by atoms with Gasteiger partial charge in [0.25, 0.3) is 5.56 Å². The number of hydrazone groups is 1. The second-order valence-corrected chi connectivity index (χ2v) is 12.8. The van der Waals surface area contributed by atoms with Crippen LogP contribution >= 0.6 is 0 Å². The molecular weight excluding hydrogens is 554 g/mol. The molecule has 0 saturated heterocycles. The highest BCUT2D eigenvalue weighted by molar-refractivity contribution is 6.16. The van der Waals surface area contributed by atoms with Crippen molar-refractivity contribution in [1.82, 2.24) is 19.6 Å². The Hall–Kier alpha value is -4.08. The predicted molar refractivity (Wildman–Crippen MR) is 169 cm³/mol. The smallest absolute Gasteiger partial charge is 0.257 e. The number of carbonyl (C=O) groups excluding carboxylic acids is 1. The fourth-order valence-electron chi connectivity index (χ4n) is 6.92. The number of nitrogens with one attached hydrogen (secondary N) is 1. The van der Waals surface area contributed by atoms with E-state index >= 15 is 0 Å². The molecule has 2 saturated carbocycles. The summed E-state index contributed by atoms with van der Waals surface area (Å²) in [6.45, 7) is 3.95. The Morgan fingerprint density at radius 2 is 1.82 bits per heavy atom. The Balaban J connectivity index is 1.25. The molecule has 2 fully saturated rings. The second kappa shape index (κ2) is 11.4. The molecule has 2 aliphatic carbocycles. The Morgan fingerprint density at radius 3 is 2.50 bits per heavy atom. The lowest BCUT2D eigenvalue weighted by molar-refractivity contribution is -0.119. The zero-order chi connectivity index (χ0) is 30.4. The largest absolute Gasteiger partial charge is 0.387 e. The van der Waals surface area contributed by atoms with E-state index in [0.29, 0.717) is 18.6 Å². The molecule has 0 spiro atoms. The van der Waals surface area contributed by atoms with Crippen LogP contribution < -0.4 is 11.0 Å². The van der Waals surface area contributed by atoms with E-state index in [1.807, 2.05) is 40.3 Å². The molecule has 2 aromatic heterocycles. The fourth-order valence-corrected chi connectivity index (χ4v) is 6.92. The number of carbonyl (C=O) groups is 1. The molecule has 0 radical (unpaired) electrons. The first kappa shape index (κ1) is 28.7. The Labute approximate surface area is 256 Å². The van der Waals surface area contributed by atoms with Crippen LogP contribution in [0.15, 0.2) is 70.7 Å². The van der Waals surface area contributed by atoms with Crippen LogP contribution in [0.1, 0.15) is 87.2 Å². The minimum absolute atomic E-state index is 0.0414. The van der Waals surface area contributed by atoms with Gasteiger partial charge in [-0.05, 0) is 61.8 Å². The minimum Gasteiger partial charge on any atom is -0.387 e. The van der Waals surface area contributed by atoms with E-state index in [2.05, 4.69) is 47.8 Å². The van der Waals surface area contributed by atoms with Crippen molar-refractivity contribution in [3.8, 4) is 11.1 Å². The number of aryl methyl sites for hydroxylation is 1. The highest BCUT2D eigenvalue weighted by Gasteiger charge is 2.51. The van der Waals surface area contributed by atoms with E-state index in [9.17, 15) is 14.7 Å². The number of hydrogen-bond acceptors (Lipinski definition) is 6. The molecule has 9 heteroatoms. The van der Waals surface area contributed by atoms with Crippen molar-refractivity contribution in [3.05, 3.63) is 93.5 Å². The number of fused-ring (bicyclic) bond motifs is 1. The number of ether oxygens (including phenoxy) is 1. The third-order valence-electron chi connectivity index (χ3n) is 9.44. The summed E-state index contributed by atoms with van der Waals surface area (Å²) >= 11 is 0. The van der Waals surface area contributed by atoms with Crippen molar-refractivity contribution < 1.29 is 14.6 Å². The molecule has 9 nitrogen and oxygen atoms in total. The molecule has 3 aliphatic rings. The maximum atomic E-state index is 14.5. The zero-order valence-corrected chi connectivity index (χ0v) is 25.3. The van der Waals surface area contributed by atoms with E-state index in [1.165, 1.54) is 0 Å². The third kappa shape index (κ3) is 5.39. The molecule has 0 unspecified atom stereocenters. The molecule has 44 heavy (non-hydrogen) atoms. The number of nitrogens with zero attached hydrogens (tertiary/aromatic N) is 4. The molecule has 228 valence electrons. The van der Waals surface area contributed by atoms with E-state index in [1.54, 1.807) is 6.20 Å². The van der Waals surface area contributed by atoms with Crippen molar-refractivity contribution in [2.75, 3.05) is 0 Å². The Morgan fingerprint density at radius 1 is 1.05 bits per heavy atom. The number of aliphatic hydroxyl groups is 1. The summed E-state index contributed by atoms with van der Waals surface area (Å²) < 4.78 is 10.1. The predicted octanol–water partition coefficient (Wildman–Crippen LogP) is 4.95. The molecule has 1 amide bonds. The number of benzene rings is 2. The summed E-state index contributed by atoms with van der Waals surface area (Å²) in [6, 6.07) is 18.3. The van der Waals surface area contributed by atoms with Gasteiger partial charge in [-0.2, -0.15) is 10.2 Å². The quantitative estimate of drug-likeness (QED) is 0.285. The van der Waals surface area contributed by atoms with Crippen LogP contribution in [0.4, 0.5) is 0 Å². The lowest BCUT2D eigenvalue weighted by Crippen LogP contribution is -2.35. The molecule has 2 atom stereocenters. The van der Waals surface area contributed by atoms with Crippen molar-refractivity contribution >= 4 is 17.3 Å². The molecule has 3 heterocycles. The van der Waals surface area contributed by atoms with E-state index in [0.717, 1.165) is 77.7 Å². The highest BCUT2D eigenvalue weighted by Crippen LogP contribution is 2.41. The van der Waals surface area contributed by atoms with Gasteiger partial charge < -0.3 is 9.84 Å². The van der Waals surface area contributed by atoms with E-state index < -0.39 is 5.60 Å². The van der Waals surface area contributed by atoms with Crippen molar-refractivity contribution in [1.29, 1.82) is 0 Å². The SMILES string of the molecule is CCCc1c(Cc2ccc(-c3ccccc3)c(C3=NNC(=O)C3)c2)c(=O)n(C2CCC(O[C@@H]3C[C@]3(C)O)CC2)c2ccnn12. The minimum atomic E-state index is -0.697. The first-order chi connectivity index (χ1) is 21.3. The Kier molecular flexibility index (Phi) is 7.46. The average molecular weight is 594 g/mol.